The Hall–Kier alpha value is -2.27. The van der Waals surface area contributed by atoms with E-state index in [1.165, 1.54) is 11.8 Å². The van der Waals surface area contributed by atoms with Crippen LogP contribution in [0.3, 0.4) is 0 Å². The average molecular weight is 288 g/mol. The predicted octanol–water partition coefficient (Wildman–Crippen LogP) is 3.21. The lowest BCUT2D eigenvalue weighted by Crippen LogP contribution is -1.95. The number of benzene rings is 2. The van der Waals surface area contributed by atoms with Crippen molar-refractivity contribution in [3.05, 3.63) is 59.7 Å². The second kappa shape index (κ2) is 6.77. The molecule has 2 rings (SSSR count). The molecule has 102 valence electrons. The maximum Gasteiger partial charge on any atom is 0.335 e. The van der Waals surface area contributed by atoms with Crippen LogP contribution in [0.4, 0.5) is 0 Å². The number of rotatable bonds is 6. The molecule has 0 saturated carbocycles. The molecule has 0 atom stereocenters. The van der Waals surface area contributed by atoms with E-state index >= 15 is 0 Å². The van der Waals surface area contributed by atoms with Gasteiger partial charge in [-0.25, -0.2) is 4.79 Å². The van der Waals surface area contributed by atoms with Crippen molar-refractivity contribution in [1.29, 1.82) is 0 Å². The molecule has 0 unspecified atom stereocenters. The van der Waals surface area contributed by atoms with Gasteiger partial charge in [-0.15, -0.1) is 11.8 Å². The van der Waals surface area contributed by atoms with Gasteiger partial charge in [-0.2, -0.15) is 0 Å². The van der Waals surface area contributed by atoms with E-state index in [0.717, 1.165) is 10.5 Å². The van der Waals surface area contributed by atoms with Crippen LogP contribution in [0.5, 0.6) is 5.75 Å². The van der Waals surface area contributed by atoms with Gasteiger partial charge in [0.2, 0.25) is 0 Å². The van der Waals surface area contributed by atoms with Gasteiger partial charge < -0.3 is 9.84 Å². The molecule has 0 fully saturated rings. The molecule has 5 heteroatoms. The number of aromatic carboxylic acids is 1. The first kappa shape index (κ1) is 14.1. The van der Waals surface area contributed by atoms with Gasteiger partial charge in [0.15, 0.2) is 0 Å². The van der Waals surface area contributed by atoms with Gasteiger partial charge in [0.05, 0.1) is 5.56 Å². The van der Waals surface area contributed by atoms with E-state index in [-0.39, 0.29) is 5.56 Å². The van der Waals surface area contributed by atoms with Crippen molar-refractivity contribution >= 4 is 24.2 Å². The van der Waals surface area contributed by atoms with Gasteiger partial charge in [-0.3, -0.25) is 4.79 Å². The highest BCUT2D eigenvalue weighted by molar-refractivity contribution is 7.98. The highest BCUT2D eigenvalue weighted by Crippen LogP contribution is 2.25. The first-order valence-electron chi connectivity index (χ1n) is 5.84. The van der Waals surface area contributed by atoms with Crippen molar-refractivity contribution in [2.45, 2.75) is 10.6 Å². The first-order valence-corrected chi connectivity index (χ1v) is 6.83. The number of carbonyl (C=O) groups is 2. The van der Waals surface area contributed by atoms with Crippen LogP contribution >= 0.6 is 11.8 Å². The molecule has 0 spiro atoms. The fraction of sp³-hybridized carbons (Fsp3) is 0.0667. The van der Waals surface area contributed by atoms with Crippen LogP contribution in [0.25, 0.3) is 0 Å². The Morgan fingerprint density at radius 1 is 1.20 bits per heavy atom. The summed E-state index contributed by atoms with van der Waals surface area (Å²) >= 11 is 1.52. The van der Waals surface area contributed by atoms with Crippen molar-refractivity contribution in [2.24, 2.45) is 0 Å². The zero-order chi connectivity index (χ0) is 14.4. The van der Waals surface area contributed by atoms with E-state index in [1.807, 2.05) is 18.2 Å². The maximum atomic E-state index is 10.9. The Balaban J connectivity index is 2.04. The number of ether oxygens (including phenoxy) is 1. The summed E-state index contributed by atoms with van der Waals surface area (Å²) in [6.07, 6.45) is 0. The van der Waals surface area contributed by atoms with Crippen LogP contribution in [0.1, 0.15) is 15.9 Å². The molecule has 0 aromatic heterocycles. The van der Waals surface area contributed by atoms with Crippen LogP contribution in [-0.4, -0.2) is 17.5 Å². The third-order valence-electron chi connectivity index (χ3n) is 2.57. The Bertz CT molecular complexity index is 625. The first-order chi connectivity index (χ1) is 9.69. The summed E-state index contributed by atoms with van der Waals surface area (Å²) in [6.45, 7) is 0.391. The van der Waals surface area contributed by atoms with E-state index in [0.29, 0.717) is 18.0 Å². The molecule has 0 aliphatic carbocycles. The van der Waals surface area contributed by atoms with E-state index in [1.54, 1.807) is 30.3 Å². The standard InChI is InChI=1S/C15H12O4S/c16-10-19-13-5-1-3-11(7-13)9-20-14-6-2-4-12(8-14)15(17)18/h1-8,10H,9H2,(H,17,18). The Labute approximate surface area is 120 Å². The van der Waals surface area contributed by atoms with Crippen molar-refractivity contribution < 1.29 is 19.4 Å². The molecule has 0 amide bonds. The number of thioether (sulfide) groups is 1. The third-order valence-corrected chi connectivity index (χ3v) is 3.63. The second-order valence-electron chi connectivity index (χ2n) is 3.98. The normalized spacial score (nSPS) is 10.0. The smallest absolute Gasteiger partial charge is 0.335 e. The molecule has 0 aliphatic heterocycles. The largest absolute Gasteiger partial charge is 0.478 e. The van der Waals surface area contributed by atoms with Crippen LogP contribution in [-0.2, 0) is 10.5 Å². The zero-order valence-corrected chi connectivity index (χ0v) is 11.3. The lowest BCUT2D eigenvalue weighted by Gasteiger charge is -2.05. The minimum atomic E-state index is -0.936. The lowest BCUT2D eigenvalue weighted by atomic mass is 10.2. The van der Waals surface area contributed by atoms with E-state index < -0.39 is 5.97 Å². The molecule has 2 aromatic rings. The highest BCUT2D eigenvalue weighted by atomic mass is 32.2. The summed E-state index contributed by atoms with van der Waals surface area (Å²) in [5.74, 6) is 0.227. The van der Waals surface area contributed by atoms with Gasteiger partial charge in [0.1, 0.15) is 5.75 Å². The van der Waals surface area contributed by atoms with Crippen molar-refractivity contribution in [3.8, 4) is 5.75 Å². The van der Waals surface area contributed by atoms with Crippen LogP contribution < -0.4 is 4.74 Å². The zero-order valence-electron chi connectivity index (χ0n) is 10.5. The van der Waals surface area contributed by atoms with Gasteiger partial charge >= 0.3 is 5.97 Å². The van der Waals surface area contributed by atoms with E-state index in [9.17, 15) is 9.59 Å². The molecular formula is C15H12O4S. The fourth-order valence-electron chi connectivity index (χ4n) is 1.65. The summed E-state index contributed by atoms with van der Waals surface area (Å²) in [6, 6.07) is 14.0. The topological polar surface area (TPSA) is 63.6 Å². The number of carboxylic acid groups (broad SMARTS) is 1. The minimum absolute atomic E-state index is 0.271. The summed E-state index contributed by atoms with van der Waals surface area (Å²) in [4.78, 5) is 22.0. The number of hydrogen-bond acceptors (Lipinski definition) is 4. The minimum Gasteiger partial charge on any atom is -0.478 e. The second-order valence-corrected chi connectivity index (χ2v) is 5.03. The molecule has 20 heavy (non-hydrogen) atoms. The molecule has 0 saturated heterocycles. The van der Waals surface area contributed by atoms with Crippen LogP contribution in [0.2, 0.25) is 0 Å². The highest BCUT2D eigenvalue weighted by Gasteiger charge is 2.04. The monoisotopic (exact) mass is 288 g/mol. The number of hydrogen-bond donors (Lipinski definition) is 1. The van der Waals surface area contributed by atoms with Crippen molar-refractivity contribution in [1.82, 2.24) is 0 Å². The maximum absolute atomic E-state index is 10.9. The molecule has 2 aromatic carbocycles. The van der Waals surface area contributed by atoms with Crippen molar-refractivity contribution in [2.75, 3.05) is 0 Å². The third kappa shape index (κ3) is 3.86. The fourth-order valence-corrected chi connectivity index (χ4v) is 2.55. The quantitative estimate of drug-likeness (QED) is 0.653. The van der Waals surface area contributed by atoms with Gasteiger partial charge in [0.25, 0.3) is 6.47 Å². The van der Waals surface area contributed by atoms with Crippen LogP contribution in [0.15, 0.2) is 53.4 Å². The molecule has 4 nitrogen and oxygen atoms in total. The molecule has 0 radical (unpaired) electrons. The Kier molecular flexibility index (Phi) is 4.79. The molecule has 0 bridgehead atoms. The summed E-state index contributed by atoms with van der Waals surface area (Å²) in [7, 11) is 0. The van der Waals surface area contributed by atoms with Crippen LogP contribution in [0, 0.1) is 0 Å². The lowest BCUT2D eigenvalue weighted by molar-refractivity contribution is -0.120. The molecule has 1 N–H and O–H groups in total. The van der Waals surface area contributed by atoms with Crippen molar-refractivity contribution in [3.63, 3.8) is 0 Å². The van der Waals surface area contributed by atoms with E-state index in [2.05, 4.69) is 0 Å². The molecular weight excluding hydrogens is 276 g/mol. The van der Waals surface area contributed by atoms with Gasteiger partial charge in [-0.05, 0) is 35.9 Å². The molecule has 0 heterocycles. The Morgan fingerprint density at radius 2 is 2.00 bits per heavy atom. The summed E-state index contributed by atoms with van der Waals surface area (Å²) < 4.78 is 4.78. The summed E-state index contributed by atoms with van der Waals surface area (Å²) in [5, 5.41) is 8.93. The number of carboxylic acids is 1. The van der Waals surface area contributed by atoms with Gasteiger partial charge in [0, 0.05) is 10.6 Å². The average Bonchev–Trinajstić information content (AvgIpc) is 2.46. The SMILES string of the molecule is O=COc1cccc(CSc2cccc(C(=O)O)c2)c1. The molecule has 0 aliphatic rings. The van der Waals surface area contributed by atoms with E-state index in [4.69, 9.17) is 9.84 Å². The summed E-state index contributed by atoms with van der Waals surface area (Å²) in [5.41, 5.74) is 1.27. The van der Waals surface area contributed by atoms with Gasteiger partial charge in [-0.1, -0.05) is 18.2 Å². The Morgan fingerprint density at radius 3 is 2.75 bits per heavy atom. The number of carbonyl (C=O) groups excluding carboxylic acids is 1. The predicted molar refractivity (Wildman–Crippen MR) is 76.1 cm³/mol.